The molecule has 2 rings (SSSR count). The maximum absolute atomic E-state index is 5.39. The third kappa shape index (κ3) is 8.52. The van der Waals surface area contributed by atoms with Crippen molar-refractivity contribution in [3.63, 3.8) is 0 Å². The van der Waals surface area contributed by atoms with Crippen LogP contribution in [0.15, 0.2) is 48.5 Å². The molecule has 0 radical (unpaired) electrons. The fourth-order valence-electron chi connectivity index (χ4n) is 2.41. The summed E-state index contributed by atoms with van der Waals surface area (Å²) in [5.74, 6) is 0. The molecule has 2 aromatic carbocycles. The molecule has 1 heteroatoms. The van der Waals surface area contributed by atoms with Crippen LogP contribution in [0.3, 0.4) is 0 Å². The molecule has 0 aliphatic rings. The van der Waals surface area contributed by atoms with Gasteiger partial charge in [0.25, 0.3) is 0 Å². The summed E-state index contributed by atoms with van der Waals surface area (Å²) in [7, 11) is 0. The van der Waals surface area contributed by atoms with Crippen molar-refractivity contribution in [3.05, 3.63) is 48.5 Å². The molecule has 0 aliphatic carbocycles. The lowest BCUT2D eigenvalue weighted by Crippen LogP contribution is -1.97. The van der Waals surface area contributed by atoms with Gasteiger partial charge in [0, 0.05) is 0 Å². The average Bonchev–Trinajstić information content (AvgIpc) is 2.55. The first-order valence-corrected chi connectivity index (χ1v) is 8.52. The predicted octanol–water partition coefficient (Wildman–Crippen LogP) is 5.93. The van der Waals surface area contributed by atoms with Crippen LogP contribution in [0, 0.1) is 0 Å². The molecule has 0 aromatic heterocycles. The van der Waals surface area contributed by atoms with Gasteiger partial charge in [-0.1, -0.05) is 100 Å². The van der Waals surface area contributed by atoms with Crippen LogP contribution in [0.5, 0.6) is 0 Å². The smallest absolute Gasteiger partial charge is 0.00773 e. The van der Waals surface area contributed by atoms with E-state index in [0.29, 0.717) is 0 Å². The van der Waals surface area contributed by atoms with Gasteiger partial charge in [0.05, 0.1) is 0 Å². The van der Waals surface area contributed by atoms with Gasteiger partial charge in [-0.15, -0.1) is 0 Å². The molecule has 0 heterocycles. The molecular formula is C20H31N. The maximum atomic E-state index is 5.39. The fraction of sp³-hybridized carbons (Fsp3) is 0.500. The Kier molecular flexibility index (Phi) is 10.5. The zero-order valence-corrected chi connectivity index (χ0v) is 13.6. The summed E-state index contributed by atoms with van der Waals surface area (Å²) >= 11 is 0. The van der Waals surface area contributed by atoms with Crippen LogP contribution in [0.4, 0.5) is 0 Å². The highest BCUT2D eigenvalue weighted by Gasteiger charge is 1.89. The Morgan fingerprint density at radius 2 is 1.00 bits per heavy atom. The second-order valence-electron chi connectivity index (χ2n) is 5.61. The van der Waals surface area contributed by atoms with Crippen molar-refractivity contribution in [2.75, 3.05) is 6.54 Å². The predicted molar refractivity (Wildman–Crippen MR) is 95.6 cm³/mol. The van der Waals surface area contributed by atoms with E-state index in [-0.39, 0.29) is 0 Å². The molecule has 2 aromatic rings. The van der Waals surface area contributed by atoms with Gasteiger partial charge in [-0.25, -0.2) is 0 Å². The van der Waals surface area contributed by atoms with E-state index < -0.39 is 0 Å². The number of fused-ring (bicyclic) bond motifs is 1. The normalized spacial score (nSPS) is 10.2. The summed E-state index contributed by atoms with van der Waals surface area (Å²) in [5.41, 5.74) is 5.39. The summed E-state index contributed by atoms with van der Waals surface area (Å²) in [6, 6.07) is 16.7. The van der Waals surface area contributed by atoms with Crippen molar-refractivity contribution in [2.45, 2.75) is 58.3 Å². The van der Waals surface area contributed by atoms with Crippen LogP contribution in [-0.4, -0.2) is 6.54 Å². The van der Waals surface area contributed by atoms with E-state index >= 15 is 0 Å². The van der Waals surface area contributed by atoms with Gasteiger partial charge in [0.2, 0.25) is 0 Å². The minimum atomic E-state index is 0.870. The first-order valence-electron chi connectivity index (χ1n) is 8.52. The fourth-order valence-corrected chi connectivity index (χ4v) is 2.41. The minimum Gasteiger partial charge on any atom is -0.330 e. The zero-order valence-electron chi connectivity index (χ0n) is 13.6. The third-order valence-electron chi connectivity index (χ3n) is 3.72. The van der Waals surface area contributed by atoms with Gasteiger partial charge in [0.15, 0.2) is 0 Å². The first-order chi connectivity index (χ1) is 10.4. The molecule has 0 atom stereocenters. The number of hydrogen-bond acceptors (Lipinski definition) is 1. The van der Waals surface area contributed by atoms with Crippen LogP contribution in [0.2, 0.25) is 0 Å². The van der Waals surface area contributed by atoms with Crippen LogP contribution in [-0.2, 0) is 0 Å². The van der Waals surface area contributed by atoms with E-state index in [2.05, 4.69) is 55.5 Å². The molecule has 0 spiro atoms. The Hall–Kier alpha value is -1.34. The molecule has 21 heavy (non-hydrogen) atoms. The molecule has 2 N–H and O–H groups in total. The van der Waals surface area contributed by atoms with Crippen molar-refractivity contribution in [2.24, 2.45) is 5.73 Å². The molecule has 116 valence electrons. The van der Waals surface area contributed by atoms with Crippen LogP contribution in [0.25, 0.3) is 10.8 Å². The van der Waals surface area contributed by atoms with Gasteiger partial charge in [-0.2, -0.15) is 0 Å². The number of benzene rings is 2. The molecule has 0 saturated heterocycles. The summed E-state index contributed by atoms with van der Waals surface area (Å²) in [5, 5.41) is 2.62. The first kappa shape index (κ1) is 17.7. The summed E-state index contributed by atoms with van der Waals surface area (Å²) in [6.07, 6.45) is 11.0. The standard InChI is InChI=1S/C10H23N.C10H8/c1-2-3-4-5-6-7-8-9-10-11;1-2-6-10-8-4-3-7-9(10)5-1/h2-11H2,1H3;1-8H. The average molecular weight is 285 g/mol. The molecule has 0 saturated carbocycles. The summed E-state index contributed by atoms with van der Waals surface area (Å²) in [6.45, 7) is 3.13. The summed E-state index contributed by atoms with van der Waals surface area (Å²) < 4.78 is 0. The number of hydrogen-bond donors (Lipinski definition) is 1. The Morgan fingerprint density at radius 3 is 1.38 bits per heavy atom. The molecule has 0 aliphatic heterocycles. The lowest BCUT2D eigenvalue weighted by Gasteiger charge is -1.99. The highest BCUT2D eigenvalue weighted by Crippen LogP contribution is 2.11. The maximum Gasteiger partial charge on any atom is -0.00773 e. The third-order valence-corrected chi connectivity index (χ3v) is 3.72. The lowest BCUT2D eigenvalue weighted by molar-refractivity contribution is 0.578. The van der Waals surface area contributed by atoms with Crippen molar-refractivity contribution in [1.29, 1.82) is 0 Å². The monoisotopic (exact) mass is 285 g/mol. The Labute approximate surface area is 130 Å². The molecule has 0 amide bonds. The minimum absolute atomic E-state index is 0.870. The van der Waals surface area contributed by atoms with E-state index in [1.54, 1.807) is 0 Å². The van der Waals surface area contributed by atoms with Crippen LogP contribution < -0.4 is 5.73 Å². The van der Waals surface area contributed by atoms with Crippen LogP contribution >= 0.6 is 0 Å². The van der Waals surface area contributed by atoms with Crippen molar-refractivity contribution >= 4 is 10.8 Å². The number of rotatable bonds is 8. The van der Waals surface area contributed by atoms with E-state index in [9.17, 15) is 0 Å². The quantitative estimate of drug-likeness (QED) is 0.598. The molecular weight excluding hydrogens is 254 g/mol. The number of unbranched alkanes of at least 4 members (excludes halogenated alkanes) is 7. The molecule has 0 unspecified atom stereocenters. The second kappa shape index (κ2) is 12.4. The molecule has 0 fully saturated rings. The SMILES string of the molecule is CCCCCCCCCCN.c1ccc2ccccc2c1. The van der Waals surface area contributed by atoms with Gasteiger partial charge < -0.3 is 5.73 Å². The van der Waals surface area contributed by atoms with Gasteiger partial charge in [-0.3, -0.25) is 0 Å². The molecule has 1 nitrogen and oxygen atoms in total. The second-order valence-corrected chi connectivity index (χ2v) is 5.61. The van der Waals surface area contributed by atoms with Gasteiger partial charge in [0.1, 0.15) is 0 Å². The Bertz CT molecular complexity index is 391. The lowest BCUT2D eigenvalue weighted by atomic mass is 10.1. The Morgan fingerprint density at radius 1 is 0.619 bits per heavy atom. The largest absolute Gasteiger partial charge is 0.330 e. The zero-order chi connectivity index (χ0) is 15.2. The highest BCUT2D eigenvalue weighted by molar-refractivity contribution is 5.81. The number of nitrogens with two attached hydrogens (primary N) is 1. The Balaban J connectivity index is 0.000000210. The summed E-state index contributed by atoms with van der Waals surface area (Å²) in [4.78, 5) is 0. The topological polar surface area (TPSA) is 26.0 Å². The highest BCUT2D eigenvalue weighted by atomic mass is 14.5. The van der Waals surface area contributed by atoms with E-state index in [1.165, 1.54) is 62.1 Å². The van der Waals surface area contributed by atoms with E-state index in [0.717, 1.165) is 6.54 Å². The van der Waals surface area contributed by atoms with Crippen molar-refractivity contribution < 1.29 is 0 Å². The van der Waals surface area contributed by atoms with E-state index in [1.807, 2.05) is 0 Å². The van der Waals surface area contributed by atoms with Gasteiger partial charge >= 0.3 is 0 Å². The molecule has 0 bridgehead atoms. The van der Waals surface area contributed by atoms with Crippen LogP contribution in [0.1, 0.15) is 58.3 Å². The van der Waals surface area contributed by atoms with Crippen molar-refractivity contribution in [3.8, 4) is 0 Å². The van der Waals surface area contributed by atoms with E-state index in [4.69, 9.17) is 5.73 Å². The van der Waals surface area contributed by atoms with Crippen molar-refractivity contribution in [1.82, 2.24) is 0 Å². The van der Waals surface area contributed by atoms with Gasteiger partial charge in [-0.05, 0) is 23.7 Å².